The van der Waals surface area contributed by atoms with Gasteiger partial charge in [-0.1, -0.05) is 11.6 Å². The Kier molecular flexibility index (Phi) is 10.4. The molecule has 0 bridgehead atoms. The number of carbonyl (C=O) groups excluding carboxylic acids is 3. The first-order valence-electron chi connectivity index (χ1n) is 14.1. The Balaban J connectivity index is 1.27. The van der Waals surface area contributed by atoms with Crippen LogP contribution < -0.4 is 10.0 Å². The maximum atomic E-state index is 13.3. The van der Waals surface area contributed by atoms with Crippen molar-refractivity contribution in [3.05, 3.63) is 26.8 Å². The number of nitrogens with one attached hydrogen (secondary N) is 2. The van der Waals surface area contributed by atoms with E-state index in [1.165, 1.54) is 22.3 Å². The number of urea groups is 1. The second-order valence-corrected chi connectivity index (χ2v) is 15.3. The molecule has 11 nitrogen and oxygen atoms in total. The number of sulfonamides is 1. The molecular formula is C27H41ClN6O5S2. The third-order valence-electron chi connectivity index (χ3n) is 7.48. The van der Waals surface area contributed by atoms with E-state index in [1.54, 1.807) is 12.1 Å². The van der Waals surface area contributed by atoms with Gasteiger partial charge in [0.1, 0.15) is 6.04 Å². The molecule has 0 radical (unpaired) electrons. The zero-order chi connectivity index (χ0) is 29.8. The van der Waals surface area contributed by atoms with Crippen LogP contribution >= 0.6 is 22.9 Å². The Morgan fingerprint density at radius 3 is 2.44 bits per heavy atom. The highest BCUT2D eigenvalue weighted by atomic mass is 35.5. The van der Waals surface area contributed by atoms with Crippen molar-refractivity contribution >= 4 is 56.9 Å². The van der Waals surface area contributed by atoms with Crippen LogP contribution in [0.2, 0.25) is 4.34 Å². The van der Waals surface area contributed by atoms with Crippen LogP contribution in [0.4, 0.5) is 4.79 Å². The number of rotatable bonds is 8. The Labute approximate surface area is 251 Å². The molecular weight excluding hydrogens is 588 g/mol. The molecule has 0 unspecified atom stereocenters. The number of thiophene rings is 1. The summed E-state index contributed by atoms with van der Waals surface area (Å²) in [5.41, 5.74) is -0.282. The lowest BCUT2D eigenvalue weighted by Crippen LogP contribution is -2.57. The number of piperidine rings is 1. The summed E-state index contributed by atoms with van der Waals surface area (Å²) in [5, 5.41) is 4.05. The lowest BCUT2D eigenvalue weighted by Gasteiger charge is -2.39. The molecule has 3 saturated heterocycles. The van der Waals surface area contributed by atoms with Crippen molar-refractivity contribution in [2.45, 2.75) is 64.1 Å². The quantitative estimate of drug-likeness (QED) is 0.456. The minimum absolute atomic E-state index is 0.0509. The first-order chi connectivity index (χ1) is 19.3. The van der Waals surface area contributed by atoms with Gasteiger partial charge in [0, 0.05) is 67.7 Å². The van der Waals surface area contributed by atoms with E-state index in [0.717, 1.165) is 37.9 Å². The number of hydrogen-bond acceptors (Lipinski definition) is 7. The van der Waals surface area contributed by atoms with E-state index in [9.17, 15) is 22.8 Å². The molecule has 1 aromatic heterocycles. The van der Waals surface area contributed by atoms with Crippen LogP contribution in [0, 0.1) is 0 Å². The molecule has 41 heavy (non-hydrogen) atoms. The number of carbonyl (C=O) groups is 3. The van der Waals surface area contributed by atoms with E-state index in [-0.39, 0.29) is 36.0 Å². The third kappa shape index (κ3) is 9.15. The van der Waals surface area contributed by atoms with E-state index in [4.69, 9.17) is 11.6 Å². The van der Waals surface area contributed by atoms with Gasteiger partial charge in [-0.05, 0) is 64.7 Å². The van der Waals surface area contributed by atoms with Crippen LogP contribution in [0.15, 0.2) is 17.5 Å². The van der Waals surface area contributed by atoms with Gasteiger partial charge >= 0.3 is 6.03 Å². The van der Waals surface area contributed by atoms with Gasteiger partial charge in [-0.2, -0.15) is 4.72 Å². The van der Waals surface area contributed by atoms with Crippen molar-refractivity contribution in [1.29, 1.82) is 0 Å². The summed E-state index contributed by atoms with van der Waals surface area (Å²) < 4.78 is 28.3. The standard InChI is InChI=1S/C27H41ClN6O5S2/c1-27(2,3)29-26(37)32-15-13-31(14-16-32)18-20-6-4-12-34(20)24(35)19-33-11-5-7-22(25(33)36)30-41(38,39)17-10-21-8-9-23(28)40-21/h8-10,17,20,22,30H,4-7,11-16,18-19H2,1-3H3,(H,29,37)/t20-,22-/m0/s1. The maximum absolute atomic E-state index is 13.3. The van der Waals surface area contributed by atoms with Gasteiger partial charge in [0.05, 0.1) is 10.9 Å². The van der Waals surface area contributed by atoms with Crippen molar-refractivity contribution < 1.29 is 22.8 Å². The molecule has 2 atom stereocenters. The van der Waals surface area contributed by atoms with Crippen LogP contribution in [-0.4, -0.2) is 116 Å². The SMILES string of the molecule is CC(C)(C)NC(=O)N1CCN(C[C@@H]2CCCN2C(=O)CN2CCC[C@H](NS(=O)(=O)C=Cc3ccc(Cl)s3)C2=O)CC1. The van der Waals surface area contributed by atoms with Crippen LogP contribution in [0.5, 0.6) is 0 Å². The maximum Gasteiger partial charge on any atom is 0.317 e. The lowest BCUT2D eigenvalue weighted by atomic mass is 10.1. The third-order valence-corrected chi connectivity index (χ3v) is 9.78. The van der Waals surface area contributed by atoms with Crippen molar-refractivity contribution in [3.8, 4) is 0 Å². The Morgan fingerprint density at radius 2 is 1.78 bits per heavy atom. The fourth-order valence-electron chi connectivity index (χ4n) is 5.46. The lowest BCUT2D eigenvalue weighted by molar-refractivity contribution is -0.143. The average Bonchev–Trinajstić information content (AvgIpc) is 3.53. The molecule has 0 aromatic carbocycles. The molecule has 0 spiro atoms. The molecule has 4 heterocycles. The summed E-state index contributed by atoms with van der Waals surface area (Å²) in [6.07, 6.45) is 4.24. The predicted molar refractivity (Wildman–Crippen MR) is 161 cm³/mol. The first-order valence-corrected chi connectivity index (χ1v) is 16.9. The van der Waals surface area contributed by atoms with Crippen LogP contribution in [0.25, 0.3) is 6.08 Å². The van der Waals surface area contributed by atoms with E-state index in [2.05, 4.69) is 14.9 Å². The summed E-state index contributed by atoms with van der Waals surface area (Å²) in [5.74, 6) is -0.483. The largest absolute Gasteiger partial charge is 0.337 e. The molecule has 3 fully saturated rings. The molecule has 4 amide bonds. The van der Waals surface area contributed by atoms with Gasteiger partial charge in [-0.15, -0.1) is 11.3 Å². The first kappa shape index (κ1) is 31.7. The smallest absolute Gasteiger partial charge is 0.317 e. The number of likely N-dealkylation sites (tertiary alicyclic amines) is 2. The van der Waals surface area contributed by atoms with Crippen LogP contribution in [0.1, 0.15) is 51.3 Å². The molecule has 2 N–H and O–H groups in total. The topological polar surface area (TPSA) is 122 Å². The van der Waals surface area contributed by atoms with Crippen LogP contribution in [0.3, 0.4) is 0 Å². The van der Waals surface area contributed by atoms with E-state index in [0.29, 0.717) is 48.2 Å². The Morgan fingerprint density at radius 1 is 1.07 bits per heavy atom. The Hall–Kier alpha value is -2.19. The van der Waals surface area contributed by atoms with Crippen molar-refractivity contribution in [1.82, 2.24) is 29.6 Å². The summed E-state index contributed by atoms with van der Waals surface area (Å²) in [4.78, 5) is 47.1. The highest BCUT2D eigenvalue weighted by Gasteiger charge is 2.36. The predicted octanol–water partition coefficient (Wildman–Crippen LogP) is 2.40. The van der Waals surface area contributed by atoms with Gasteiger partial charge in [0.15, 0.2) is 0 Å². The Bertz CT molecular complexity index is 1240. The molecule has 3 aliphatic heterocycles. The van der Waals surface area contributed by atoms with E-state index >= 15 is 0 Å². The minimum Gasteiger partial charge on any atom is -0.337 e. The molecule has 14 heteroatoms. The van der Waals surface area contributed by atoms with Crippen molar-refractivity contribution in [3.63, 3.8) is 0 Å². The average molecular weight is 629 g/mol. The number of piperazine rings is 1. The summed E-state index contributed by atoms with van der Waals surface area (Å²) >= 11 is 7.16. The normalized spacial score (nSPS) is 23.0. The molecule has 4 rings (SSSR count). The van der Waals surface area contributed by atoms with Gasteiger partial charge < -0.3 is 20.0 Å². The number of nitrogens with zero attached hydrogens (tertiary/aromatic N) is 4. The van der Waals surface area contributed by atoms with Gasteiger partial charge in [-0.3, -0.25) is 14.5 Å². The second kappa shape index (κ2) is 13.4. The highest BCUT2D eigenvalue weighted by Crippen LogP contribution is 2.23. The summed E-state index contributed by atoms with van der Waals surface area (Å²) in [6.45, 7) is 10.4. The van der Waals surface area contributed by atoms with Crippen molar-refractivity contribution in [2.75, 3.05) is 52.4 Å². The minimum atomic E-state index is -3.86. The second-order valence-electron chi connectivity index (χ2n) is 11.9. The molecule has 0 saturated carbocycles. The summed E-state index contributed by atoms with van der Waals surface area (Å²) in [7, 11) is -3.86. The van der Waals surface area contributed by atoms with Gasteiger partial charge in [0.25, 0.3) is 0 Å². The zero-order valence-corrected chi connectivity index (χ0v) is 26.4. The monoisotopic (exact) mass is 628 g/mol. The molecule has 228 valence electrons. The fraction of sp³-hybridized carbons (Fsp3) is 0.667. The number of amides is 4. The zero-order valence-electron chi connectivity index (χ0n) is 24.0. The van der Waals surface area contributed by atoms with Gasteiger partial charge in [0.2, 0.25) is 21.8 Å². The van der Waals surface area contributed by atoms with E-state index in [1.807, 2.05) is 30.6 Å². The van der Waals surface area contributed by atoms with Gasteiger partial charge in [-0.25, -0.2) is 13.2 Å². The summed E-state index contributed by atoms with van der Waals surface area (Å²) in [6, 6.07) is 2.51. The number of halogens is 1. The molecule has 3 aliphatic rings. The van der Waals surface area contributed by atoms with Crippen molar-refractivity contribution in [2.24, 2.45) is 0 Å². The fourth-order valence-corrected chi connectivity index (χ4v) is 7.53. The molecule has 1 aromatic rings. The number of hydrogen-bond donors (Lipinski definition) is 2. The highest BCUT2D eigenvalue weighted by molar-refractivity contribution is 7.92. The van der Waals surface area contributed by atoms with Crippen LogP contribution in [-0.2, 0) is 19.6 Å². The molecule has 0 aliphatic carbocycles. The van der Waals surface area contributed by atoms with E-state index < -0.39 is 16.1 Å².